The average Bonchev–Trinajstić information content (AvgIpc) is 2.93. The molecule has 3 nitrogen and oxygen atoms in total. The minimum atomic E-state index is 0.133. The molecule has 120 valence electrons. The summed E-state index contributed by atoms with van der Waals surface area (Å²) in [5.74, 6) is 0. The van der Waals surface area contributed by atoms with Gasteiger partial charge in [0.1, 0.15) is 0 Å². The molecule has 0 amide bonds. The summed E-state index contributed by atoms with van der Waals surface area (Å²) < 4.78 is 7.01. The number of methoxy groups -OCH3 is 1. The number of hydrogen-bond donors (Lipinski definition) is 0. The Labute approximate surface area is 134 Å². The Hall–Kier alpha value is -1.61. The highest BCUT2D eigenvalue weighted by Gasteiger charge is 2.34. The monoisotopic (exact) mass is 300 g/mol. The Balaban J connectivity index is 2.20. The molecule has 0 aliphatic heterocycles. The molecule has 2 aromatic rings. The summed E-state index contributed by atoms with van der Waals surface area (Å²) in [6.45, 7) is 13.0. The van der Waals surface area contributed by atoms with Crippen LogP contribution < -0.4 is 0 Å². The first-order valence-electron chi connectivity index (χ1n) is 7.88. The van der Waals surface area contributed by atoms with E-state index in [0.717, 1.165) is 12.1 Å². The highest BCUT2D eigenvalue weighted by atomic mass is 16.5. The van der Waals surface area contributed by atoms with Crippen LogP contribution in [-0.2, 0) is 16.7 Å². The van der Waals surface area contributed by atoms with E-state index in [2.05, 4.69) is 70.2 Å². The summed E-state index contributed by atoms with van der Waals surface area (Å²) in [5, 5.41) is 4.38. The molecule has 1 heterocycles. The molecule has 3 heteroatoms. The molecule has 0 spiro atoms. The summed E-state index contributed by atoms with van der Waals surface area (Å²) >= 11 is 0. The first-order chi connectivity index (χ1) is 10.3. The molecule has 1 aromatic carbocycles. The molecule has 0 radical (unpaired) electrons. The van der Waals surface area contributed by atoms with Gasteiger partial charge in [-0.25, -0.2) is 0 Å². The zero-order chi connectivity index (χ0) is 16.4. The van der Waals surface area contributed by atoms with E-state index in [1.54, 1.807) is 7.11 Å². The summed E-state index contributed by atoms with van der Waals surface area (Å²) in [6, 6.07) is 8.88. The SMILES string of the molecule is COCCn1cc(-c2ccc(C(C)(C)C(C)(C)C)cc2)cn1. The second kappa shape index (κ2) is 6.25. The molecular formula is C19H28N2O. The average molecular weight is 300 g/mol. The fraction of sp³-hybridized carbons (Fsp3) is 0.526. The van der Waals surface area contributed by atoms with Crippen LogP contribution in [0.1, 0.15) is 40.2 Å². The fourth-order valence-electron chi connectivity index (χ4n) is 2.33. The van der Waals surface area contributed by atoms with Crippen molar-refractivity contribution in [3.63, 3.8) is 0 Å². The van der Waals surface area contributed by atoms with Crippen LogP contribution in [0.2, 0.25) is 0 Å². The lowest BCUT2D eigenvalue weighted by molar-refractivity contribution is 0.183. The lowest BCUT2D eigenvalue weighted by Crippen LogP contribution is -2.33. The molecule has 0 aliphatic rings. The largest absolute Gasteiger partial charge is 0.383 e. The van der Waals surface area contributed by atoms with Gasteiger partial charge in [-0.2, -0.15) is 5.10 Å². The highest BCUT2D eigenvalue weighted by Crippen LogP contribution is 2.41. The van der Waals surface area contributed by atoms with E-state index >= 15 is 0 Å². The second-order valence-electron chi connectivity index (χ2n) is 7.44. The van der Waals surface area contributed by atoms with Crippen molar-refractivity contribution in [3.05, 3.63) is 42.2 Å². The van der Waals surface area contributed by atoms with Gasteiger partial charge in [0.15, 0.2) is 0 Å². The molecule has 0 aliphatic carbocycles. The third-order valence-corrected chi connectivity index (χ3v) is 4.97. The second-order valence-corrected chi connectivity index (χ2v) is 7.44. The Bertz CT molecular complexity index is 603. The number of hydrogen-bond acceptors (Lipinski definition) is 2. The van der Waals surface area contributed by atoms with Crippen LogP contribution in [0, 0.1) is 5.41 Å². The zero-order valence-corrected chi connectivity index (χ0v) is 14.7. The van der Waals surface area contributed by atoms with Crippen molar-refractivity contribution in [2.75, 3.05) is 13.7 Å². The van der Waals surface area contributed by atoms with E-state index in [1.807, 2.05) is 10.9 Å². The van der Waals surface area contributed by atoms with Gasteiger partial charge in [-0.15, -0.1) is 0 Å². The summed E-state index contributed by atoms with van der Waals surface area (Å²) in [4.78, 5) is 0. The van der Waals surface area contributed by atoms with Gasteiger partial charge in [-0.05, 0) is 22.0 Å². The Morgan fingerprint density at radius 2 is 1.64 bits per heavy atom. The van der Waals surface area contributed by atoms with Crippen molar-refractivity contribution in [1.29, 1.82) is 0 Å². The topological polar surface area (TPSA) is 27.1 Å². The van der Waals surface area contributed by atoms with Crippen molar-refractivity contribution in [1.82, 2.24) is 9.78 Å². The van der Waals surface area contributed by atoms with Gasteiger partial charge in [-0.3, -0.25) is 4.68 Å². The predicted molar refractivity (Wildman–Crippen MR) is 92.0 cm³/mol. The minimum Gasteiger partial charge on any atom is -0.383 e. The lowest BCUT2D eigenvalue weighted by atomic mass is 9.65. The van der Waals surface area contributed by atoms with Gasteiger partial charge in [0.05, 0.1) is 19.3 Å². The van der Waals surface area contributed by atoms with E-state index in [-0.39, 0.29) is 10.8 Å². The maximum Gasteiger partial charge on any atom is 0.0658 e. The zero-order valence-electron chi connectivity index (χ0n) is 14.7. The quantitative estimate of drug-likeness (QED) is 0.811. The molecule has 0 unspecified atom stereocenters. The summed E-state index contributed by atoms with van der Waals surface area (Å²) in [6.07, 6.45) is 3.99. The van der Waals surface area contributed by atoms with Crippen LogP contribution in [0.4, 0.5) is 0 Å². The van der Waals surface area contributed by atoms with Crippen LogP contribution in [0.25, 0.3) is 11.1 Å². The van der Waals surface area contributed by atoms with E-state index < -0.39 is 0 Å². The standard InChI is InChI=1S/C19H28N2O/c1-18(2,3)19(4,5)17-9-7-15(8-10-17)16-13-20-21(14-16)11-12-22-6/h7-10,13-14H,11-12H2,1-6H3. The maximum atomic E-state index is 5.08. The first-order valence-corrected chi connectivity index (χ1v) is 7.88. The molecule has 0 bridgehead atoms. The lowest BCUT2D eigenvalue weighted by Gasteiger charge is -2.39. The Kier molecular flexibility index (Phi) is 4.76. The molecule has 0 fully saturated rings. The van der Waals surface area contributed by atoms with Crippen molar-refractivity contribution in [3.8, 4) is 11.1 Å². The van der Waals surface area contributed by atoms with Crippen LogP contribution in [-0.4, -0.2) is 23.5 Å². The molecule has 1 aromatic heterocycles. The highest BCUT2D eigenvalue weighted by molar-refractivity contribution is 5.62. The van der Waals surface area contributed by atoms with Crippen molar-refractivity contribution in [2.45, 2.75) is 46.6 Å². The van der Waals surface area contributed by atoms with E-state index in [9.17, 15) is 0 Å². The maximum absolute atomic E-state index is 5.08. The molecule has 0 saturated heterocycles. The first kappa shape index (κ1) is 16.8. The minimum absolute atomic E-state index is 0.133. The molecule has 0 atom stereocenters. The van der Waals surface area contributed by atoms with Crippen LogP contribution in [0.5, 0.6) is 0 Å². The van der Waals surface area contributed by atoms with Gasteiger partial charge in [0.2, 0.25) is 0 Å². The van der Waals surface area contributed by atoms with Crippen molar-refractivity contribution in [2.24, 2.45) is 5.41 Å². The molecule has 22 heavy (non-hydrogen) atoms. The van der Waals surface area contributed by atoms with Crippen LogP contribution >= 0.6 is 0 Å². The molecule has 0 N–H and O–H groups in total. The number of ether oxygens (including phenoxy) is 1. The third-order valence-electron chi connectivity index (χ3n) is 4.97. The Morgan fingerprint density at radius 3 is 2.18 bits per heavy atom. The van der Waals surface area contributed by atoms with Gasteiger partial charge < -0.3 is 4.74 Å². The third kappa shape index (κ3) is 3.41. The molecule has 0 saturated carbocycles. The fourth-order valence-corrected chi connectivity index (χ4v) is 2.33. The Morgan fingerprint density at radius 1 is 1.00 bits per heavy atom. The van der Waals surface area contributed by atoms with Crippen LogP contribution in [0.3, 0.4) is 0 Å². The van der Waals surface area contributed by atoms with Gasteiger partial charge in [0, 0.05) is 18.9 Å². The number of aromatic nitrogens is 2. The number of benzene rings is 1. The van der Waals surface area contributed by atoms with E-state index in [1.165, 1.54) is 11.1 Å². The van der Waals surface area contributed by atoms with Gasteiger partial charge >= 0.3 is 0 Å². The van der Waals surface area contributed by atoms with E-state index in [4.69, 9.17) is 4.74 Å². The summed E-state index contributed by atoms with van der Waals surface area (Å²) in [7, 11) is 1.71. The van der Waals surface area contributed by atoms with Gasteiger partial charge in [0.25, 0.3) is 0 Å². The van der Waals surface area contributed by atoms with Crippen molar-refractivity contribution < 1.29 is 4.74 Å². The number of rotatable bonds is 5. The van der Waals surface area contributed by atoms with Crippen LogP contribution in [0.15, 0.2) is 36.7 Å². The van der Waals surface area contributed by atoms with E-state index in [0.29, 0.717) is 6.61 Å². The summed E-state index contributed by atoms with van der Waals surface area (Å²) in [5.41, 5.74) is 4.08. The normalized spacial score (nSPS) is 12.6. The molecular weight excluding hydrogens is 272 g/mol. The predicted octanol–water partition coefficient (Wildman–Crippen LogP) is 4.52. The smallest absolute Gasteiger partial charge is 0.0658 e. The number of nitrogens with zero attached hydrogens (tertiary/aromatic N) is 2. The van der Waals surface area contributed by atoms with Crippen molar-refractivity contribution >= 4 is 0 Å². The molecule has 2 rings (SSSR count). The van der Waals surface area contributed by atoms with Gasteiger partial charge in [-0.1, -0.05) is 58.9 Å².